The first-order chi connectivity index (χ1) is 8.81. The summed E-state index contributed by atoms with van der Waals surface area (Å²) in [4.78, 5) is 22.8. The summed E-state index contributed by atoms with van der Waals surface area (Å²) in [6, 6.07) is 2.21. The molecule has 4 N–H and O–H groups in total. The highest BCUT2D eigenvalue weighted by Crippen LogP contribution is 2.19. The molecule has 1 atom stereocenters. The van der Waals surface area contributed by atoms with Crippen molar-refractivity contribution in [3.05, 3.63) is 29.0 Å². The molecule has 3 amide bonds. The van der Waals surface area contributed by atoms with Crippen molar-refractivity contribution in [3.63, 3.8) is 0 Å². The number of carbonyl (C=O) groups is 2. The van der Waals surface area contributed by atoms with E-state index in [1.165, 1.54) is 12.1 Å². The van der Waals surface area contributed by atoms with E-state index < -0.39 is 23.8 Å². The molecule has 0 aliphatic heterocycles. The van der Waals surface area contributed by atoms with Gasteiger partial charge in [0.25, 0.3) is 0 Å². The lowest BCUT2D eigenvalue weighted by atomic mass is 10.0. The molecule has 1 rings (SSSR count). The van der Waals surface area contributed by atoms with Gasteiger partial charge in [0, 0.05) is 5.02 Å². The number of hydrogen-bond donors (Lipinski definition) is 3. The number of rotatable bonds is 4. The molecule has 7 heteroatoms. The number of carbonyl (C=O) groups excluding carboxylic acids is 2. The van der Waals surface area contributed by atoms with E-state index in [-0.39, 0.29) is 16.6 Å². The number of nitrogens with two attached hydrogens (primary N) is 1. The molecular formula is C12H15ClFN3O2. The standard InChI is InChI=1S/C12H15ClFN3O2/c1-6(2)10(11(15)18)17-12(19)16-9-5-7(13)3-4-8(9)14/h3-6,10H,1-2H3,(H2,15,18)(H2,16,17,19)/t10-/m0/s1. The lowest BCUT2D eigenvalue weighted by molar-refractivity contribution is -0.120. The van der Waals surface area contributed by atoms with E-state index >= 15 is 0 Å². The van der Waals surface area contributed by atoms with Gasteiger partial charge in [0.05, 0.1) is 5.69 Å². The van der Waals surface area contributed by atoms with Crippen LogP contribution in [0.4, 0.5) is 14.9 Å². The van der Waals surface area contributed by atoms with Crippen LogP contribution >= 0.6 is 11.6 Å². The lowest BCUT2D eigenvalue weighted by Gasteiger charge is -2.19. The fourth-order valence-corrected chi connectivity index (χ4v) is 1.63. The topological polar surface area (TPSA) is 84.2 Å². The highest BCUT2D eigenvalue weighted by Gasteiger charge is 2.21. The average molecular weight is 288 g/mol. The minimum absolute atomic E-state index is 0.0722. The molecule has 0 radical (unpaired) electrons. The first-order valence-corrected chi connectivity index (χ1v) is 6.01. The minimum atomic E-state index is -0.831. The quantitative estimate of drug-likeness (QED) is 0.792. The van der Waals surface area contributed by atoms with Gasteiger partial charge in [0.2, 0.25) is 5.91 Å². The molecule has 19 heavy (non-hydrogen) atoms. The van der Waals surface area contributed by atoms with Crippen LogP contribution in [0.1, 0.15) is 13.8 Å². The van der Waals surface area contributed by atoms with Crippen molar-refractivity contribution in [1.29, 1.82) is 0 Å². The van der Waals surface area contributed by atoms with Crippen LogP contribution in [-0.4, -0.2) is 18.0 Å². The summed E-state index contributed by atoms with van der Waals surface area (Å²) in [5, 5.41) is 4.93. The zero-order chi connectivity index (χ0) is 14.6. The number of halogens is 2. The fourth-order valence-electron chi connectivity index (χ4n) is 1.46. The Labute approximate surface area is 115 Å². The Bertz CT molecular complexity index is 494. The predicted octanol–water partition coefficient (Wildman–Crippen LogP) is 2.11. The Kier molecular flexibility index (Phi) is 5.11. The van der Waals surface area contributed by atoms with Gasteiger partial charge >= 0.3 is 6.03 Å². The van der Waals surface area contributed by atoms with Gasteiger partial charge in [-0.05, 0) is 24.1 Å². The molecule has 104 valence electrons. The van der Waals surface area contributed by atoms with Crippen LogP contribution in [0.3, 0.4) is 0 Å². The molecule has 0 unspecified atom stereocenters. The Morgan fingerprint density at radius 2 is 2.00 bits per heavy atom. The van der Waals surface area contributed by atoms with Crippen molar-refractivity contribution in [2.45, 2.75) is 19.9 Å². The van der Waals surface area contributed by atoms with Crippen molar-refractivity contribution >= 4 is 29.2 Å². The maximum Gasteiger partial charge on any atom is 0.319 e. The Morgan fingerprint density at radius 3 is 2.53 bits per heavy atom. The number of benzene rings is 1. The second-order valence-electron chi connectivity index (χ2n) is 4.35. The van der Waals surface area contributed by atoms with Crippen molar-refractivity contribution in [1.82, 2.24) is 5.32 Å². The first kappa shape index (κ1) is 15.2. The number of amides is 3. The lowest BCUT2D eigenvalue weighted by Crippen LogP contribution is -2.49. The van der Waals surface area contributed by atoms with Gasteiger partial charge in [0.15, 0.2) is 0 Å². The van der Waals surface area contributed by atoms with Gasteiger partial charge in [0.1, 0.15) is 11.9 Å². The van der Waals surface area contributed by atoms with Crippen LogP contribution in [0.5, 0.6) is 0 Å². The maximum atomic E-state index is 13.4. The van der Waals surface area contributed by atoms with Gasteiger partial charge in [-0.25, -0.2) is 9.18 Å². The number of nitrogens with one attached hydrogen (secondary N) is 2. The molecule has 0 saturated carbocycles. The Balaban J connectivity index is 2.74. The van der Waals surface area contributed by atoms with E-state index in [9.17, 15) is 14.0 Å². The largest absolute Gasteiger partial charge is 0.368 e. The normalized spacial score (nSPS) is 12.1. The number of hydrogen-bond acceptors (Lipinski definition) is 2. The van der Waals surface area contributed by atoms with Crippen LogP contribution in [0.2, 0.25) is 5.02 Å². The Hall–Kier alpha value is -1.82. The molecule has 1 aromatic carbocycles. The minimum Gasteiger partial charge on any atom is -0.368 e. The zero-order valence-corrected chi connectivity index (χ0v) is 11.3. The summed E-state index contributed by atoms with van der Waals surface area (Å²) < 4.78 is 13.4. The van der Waals surface area contributed by atoms with Gasteiger partial charge in [-0.1, -0.05) is 25.4 Å². The van der Waals surface area contributed by atoms with Crippen molar-refractivity contribution in [2.24, 2.45) is 11.7 Å². The molecule has 5 nitrogen and oxygen atoms in total. The van der Waals surface area contributed by atoms with Gasteiger partial charge in [-0.15, -0.1) is 0 Å². The second kappa shape index (κ2) is 6.38. The van der Waals surface area contributed by atoms with Crippen LogP contribution < -0.4 is 16.4 Å². The molecular weight excluding hydrogens is 273 g/mol. The van der Waals surface area contributed by atoms with Crippen LogP contribution in [0.15, 0.2) is 18.2 Å². The smallest absolute Gasteiger partial charge is 0.319 e. The third kappa shape index (κ3) is 4.40. The molecule has 0 aliphatic carbocycles. The third-order valence-corrected chi connectivity index (χ3v) is 2.67. The van der Waals surface area contributed by atoms with E-state index in [1.54, 1.807) is 13.8 Å². The molecule has 0 aromatic heterocycles. The molecule has 0 heterocycles. The summed E-state index contributed by atoms with van der Waals surface area (Å²) >= 11 is 5.69. The first-order valence-electron chi connectivity index (χ1n) is 5.63. The number of anilines is 1. The van der Waals surface area contributed by atoms with Gasteiger partial charge in [-0.2, -0.15) is 0 Å². The molecule has 0 aliphatic rings. The summed E-state index contributed by atoms with van der Waals surface area (Å²) in [6.07, 6.45) is 0. The number of primary amides is 1. The molecule has 0 saturated heterocycles. The molecule has 0 fully saturated rings. The van der Waals surface area contributed by atoms with E-state index in [1.807, 2.05) is 0 Å². The summed E-state index contributed by atoms with van der Waals surface area (Å²) in [6.45, 7) is 3.46. The second-order valence-corrected chi connectivity index (χ2v) is 4.78. The summed E-state index contributed by atoms with van der Waals surface area (Å²) in [5.74, 6) is -1.45. The average Bonchev–Trinajstić information content (AvgIpc) is 2.30. The predicted molar refractivity (Wildman–Crippen MR) is 71.4 cm³/mol. The fraction of sp³-hybridized carbons (Fsp3) is 0.333. The molecule has 1 aromatic rings. The van der Waals surface area contributed by atoms with E-state index in [4.69, 9.17) is 17.3 Å². The van der Waals surface area contributed by atoms with Crippen LogP contribution in [0, 0.1) is 11.7 Å². The third-order valence-electron chi connectivity index (χ3n) is 2.44. The zero-order valence-electron chi connectivity index (χ0n) is 10.5. The van der Waals surface area contributed by atoms with Gasteiger partial charge in [-0.3, -0.25) is 4.79 Å². The number of urea groups is 1. The van der Waals surface area contributed by atoms with Crippen molar-refractivity contribution < 1.29 is 14.0 Å². The van der Waals surface area contributed by atoms with Crippen molar-refractivity contribution in [3.8, 4) is 0 Å². The SMILES string of the molecule is CC(C)[C@H](NC(=O)Nc1cc(Cl)ccc1F)C(N)=O. The summed E-state index contributed by atoms with van der Waals surface area (Å²) in [7, 11) is 0. The monoisotopic (exact) mass is 287 g/mol. The highest BCUT2D eigenvalue weighted by molar-refractivity contribution is 6.30. The Morgan fingerprint density at radius 1 is 1.37 bits per heavy atom. The van der Waals surface area contributed by atoms with Crippen molar-refractivity contribution in [2.75, 3.05) is 5.32 Å². The van der Waals surface area contributed by atoms with E-state index in [0.717, 1.165) is 6.07 Å². The molecule has 0 bridgehead atoms. The summed E-state index contributed by atoms with van der Waals surface area (Å²) in [5.41, 5.74) is 5.08. The van der Waals surface area contributed by atoms with Crippen LogP contribution in [0.25, 0.3) is 0 Å². The van der Waals surface area contributed by atoms with Crippen LogP contribution in [-0.2, 0) is 4.79 Å². The van der Waals surface area contributed by atoms with E-state index in [0.29, 0.717) is 0 Å². The molecule has 0 spiro atoms. The highest BCUT2D eigenvalue weighted by atomic mass is 35.5. The van der Waals surface area contributed by atoms with Gasteiger partial charge < -0.3 is 16.4 Å². The van der Waals surface area contributed by atoms with E-state index in [2.05, 4.69) is 10.6 Å². The maximum absolute atomic E-state index is 13.4.